The number of amides is 2. The maximum atomic E-state index is 12.1. The average molecular weight is 343 g/mol. The average Bonchev–Trinajstić information content (AvgIpc) is 2.59. The summed E-state index contributed by atoms with van der Waals surface area (Å²) in [5, 5.41) is 6.18. The third kappa shape index (κ3) is 5.25. The lowest BCUT2D eigenvalue weighted by atomic mass is 10.1. The maximum Gasteiger partial charge on any atom is 0.253 e. The van der Waals surface area contributed by atoms with Gasteiger partial charge in [0.2, 0.25) is 5.91 Å². The van der Waals surface area contributed by atoms with Crippen LogP contribution in [0.5, 0.6) is 0 Å². The van der Waals surface area contributed by atoms with Gasteiger partial charge in [-0.15, -0.1) is 0 Å². The Bertz CT molecular complexity index is 739. The zero-order valence-electron chi connectivity index (χ0n) is 13.4. The van der Waals surface area contributed by atoms with Crippen molar-refractivity contribution in [1.29, 1.82) is 0 Å². The number of benzene rings is 2. The second kappa shape index (κ2) is 8.89. The molecule has 2 rings (SSSR count). The van der Waals surface area contributed by atoms with E-state index in [1.807, 2.05) is 19.1 Å². The van der Waals surface area contributed by atoms with Crippen LogP contribution in [0.2, 0.25) is 5.02 Å². The minimum Gasteiger partial charge on any atom is -0.352 e. The maximum absolute atomic E-state index is 12.1. The van der Waals surface area contributed by atoms with Gasteiger partial charge in [-0.1, -0.05) is 42.8 Å². The molecule has 124 valence electrons. The Morgan fingerprint density at radius 3 is 2.50 bits per heavy atom. The van der Waals surface area contributed by atoms with Gasteiger partial charge in [0.15, 0.2) is 0 Å². The Hall–Kier alpha value is -2.59. The van der Waals surface area contributed by atoms with Crippen LogP contribution in [0.1, 0.15) is 29.3 Å². The van der Waals surface area contributed by atoms with Crippen LogP contribution in [0.4, 0.5) is 5.69 Å². The lowest BCUT2D eigenvalue weighted by molar-refractivity contribution is -0.111. The van der Waals surface area contributed by atoms with Crippen LogP contribution in [0.3, 0.4) is 0 Å². The Labute approximate surface area is 146 Å². The van der Waals surface area contributed by atoms with E-state index in [0.29, 0.717) is 22.8 Å². The fourth-order valence-corrected chi connectivity index (χ4v) is 2.17. The Morgan fingerprint density at radius 1 is 1.08 bits per heavy atom. The number of hydrogen-bond donors (Lipinski definition) is 2. The van der Waals surface area contributed by atoms with Crippen LogP contribution in [0.25, 0.3) is 6.08 Å². The number of carbonyl (C=O) groups excluding carboxylic acids is 2. The second-order valence-electron chi connectivity index (χ2n) is 5.18. The van der Waals surface area contributed by atoms with Gasteiger partial charge < -0.3 is 10.6 Å². The van der Waals surface area contributed by atoms with Crippen LogP contribution in [-0.4, -0.2) is 18.4 Å². The molecule has 0 bridgehead atoms. The van der Waals surface area contributed by atoms with E-state index in [4.69, 9.17) is 11.6 Å². The van der Waals surface area contributed by atoms with Crippen LogP contribution in [0, 0.1) is 0 Å². The van der Waals surface area contributed by atoms with E-state index in [1.54, 1.807) is 42.5 Å². The molecule has 2 amide bonds. The van der Waals surface area contributed by atoms with E-state index < -0.39 is 0 Å². The molecule has 5 heteroatoms. The van der Waals surface area contributed by atoms with Crippen LogP contribution in [-0.2, 0) is 4.79 Å². The number of rotatable bonds is 6. The molecule has 0 aliphatic carbocycles. The fraction of sp³-hybridized carbons (Fsp3) is 0.158. The summed E-state index contributed by atoms with van der Waals surface area (Å²) >= 11 is 5.82. The normalized spacial score (nSPS) is 10.6. The van der Waals surface area contributed by atoms with Gasteiger partial charge in [-0.3, -0.25) is 9.59 Å². The number of anilines is 1. The molecule has 0 atom stereocenters. The third-order valence-corrected chi connectivity index (χ3v) is 3.51. The molecule has 0 heterocycles. The first-order valence-electron chi connectivity index (χ1n) is 7.72. The topological polar surface area (TPSA) is 58.2 Å². The monoisotopic (exact) mass is 342 g/mol. The molecule has 2 aromatic carbocycles. The third-order valence-electron chi connectivity index (χ3n) is 3.26. The van der Waals surface area contributed by atoms with Gasteiger partial charge in [0.05, 0.1) is 11.3 Å². The minimum atomic E-state index is -0.305. The lowest BCUT2D eigenvalue weighted by Crippen LogP contribution is -2.25. The van der Waals surface area contributed by atoms with E-state index in [9.17, 15) is 9.59 Å². The lowest BCUT2D eigenvalue weighted by Gasteiger charge is -2.09. The quantitative estimate of drug-likeness (QED) is 0.775. The summed E-state index contributed by atoms with van der Waals surface area (Å²) in [5.41, 5.74) is 1.79. The summed E-state index contributed by atoms with van der Waals surface area (Å²) in [6, 6.07) is 14.1. The van der Waals surface area contributed by atoms with Crippen molar-refractivity contribution in [3.05, 3.63) is 70.8 Å². The number of hydrogen-bond acceptors (Lipinski definition) is 2. The molecule has 0 saturated carbocycles. The van der Waals surface area contributed by atoms with Crippen molar-refractivity contribution in [3.63, 3.8) is 0 Å². The molecular weight excluding hydrogens is 324 g/mol. The molecule has 0 spiro atoms. The van der Waals surface area contributed by atoms with E-state index in [1.165, 1.54) is 6.08 Å². The van der Waals surface area contributed by atoms with E-state index >= 15 is 0 Å². The van der Waals surface area contributed by atoms with Crippen molar-refractivity contribution in [1.82, 2.24) is 5.32 Å². The molecule has 0 radical (unpaired) electrons. The first-order valence-corrected chi connectivity index (χ1v) is 8.10. The zero-order chi connectivity index (χ0) is 17.4. The second-order valence-corrected chi connectivity index (χ2v) is 5.61. The SMILES string of the molecule is CCCNC(=O)c1ccccc1NC(=O)/C=C/c1ccc(Cl)cc1. The van der Waals surface area contributed by atoms with Crippen molar-refractivity contribution in [3.8, 4) is 0 Å². The summed E-state index contributed by atoms with van der Waals surface area (Å²) in [4.78, 5) is 24.2. The highest BCUT2D eigenvalue weighted by atomic mass is 35.5. The summed E-state index contributed by atoms with van der Waals surface area (Å²) in [6.45, 7) is 2.58. The van der Waals surface area contributed by atoms with Gasteiger partial charge >= 0.3 is 0 Å². The van der Waals surface area contributed by atoms with Crippen molar-refractivity contribution in [2.75, 3.05) is 11.9 Å². The van der Waals surface area contributed by atoms with Gasteiger partial charge in [-0.2, -0.15) is 0 Å². The Kier molecular flexibility index (Phi) is 6.58. The number of carbonyl (C=O) groups is 2. The molecular formula is C19H19ClN2O2. The molecule has 2 aromatic rings. The van der Waals surface area contributed by atoms with Gasteiger partial charge in [-0.05, 0) is 42.3 Å². The number of halogens is 1. The standard InChI is InChI=1S/C19H19ClN2O2/c1-2-13-21-19(24)16-5-3-4-6-17(16)22-18(23)12-9-14-7-10-15(20)11-8-14/h3-12H,2,13H2,1H3,(H,21,24)(H,22,23)/b12-9+. The van der Waals surface area contributed by atoms with E-state index in [0.717, 1.165) is 12.0 Å². The first kappa shape index (κ1) is 17.8. The highest BCUT2D eigenvalue weighted by Crippen LogP contribution is 2.15. The molecule has 4 nitrogen and oxygen atoms in total. The zero-order valence-corrected chi connectivity index (χ0v) is 14.1. The molecule has 0 unspecified atom stereocenters. The van der Waals surface area contributed by atoms with Gasteiger partial charge in [-0.25, -0.2) is 0 Å². The number of para-hydroxylation sites is 1. The Morgan fingerprint density at radius 2 is 1.79 bits per heavy atom. The molecule has 0 aliphatic rings. The van der Waals surface area contributed by atoms with Crippen LogP contribution in [0.15, 0.2) is 54.6 Å². The van der Waals surface area contributed by atoms with E-state index in [2.05, 4.69) is 10.6 Å². The fourth-order valence-electron chi connectivity index (χ4n) is 2.04. The molecule has 0 aromatic heterocycles. The van der Waals surface area contributed by atoms with Crippen molar-refractivity contribution in [2.45, 2.75) is 13.3 Å². The summed E-state index contributed by atoms with van der Waals surface area (Å²) in [5.74, 6) is -0.505. The molecule has 0 fully saturated rings. The predicted molar refractivity (Wildman–Crippen MR) is 98.2 cm³/mol. The smallest absolute Gasteiger partial charge is 0.253 e. The summed E-state index contributed by atoms with van der Waals surface area (Å²) < 4.78 is 0. The van der Waals surface area contributed by atoms with Crippen molar-refractivity contribution >= 4 is 35.2 Å². The van der Waals surface area contributed by atoms with Gasteiger partial charge in [0.1, 0.15) is 0 Å². The first-order chi connectivity index (χ1) is 11.6. The number of nitrogens with one attached hydrogen (secondary N) is 2. The molecule has 0 aliphatic heterocycles. The van der Waals surface area contributed by atoms with Crippen LogP contribution >= 0.6 is 11.6 Å². The van der Waals surface area contributed by atoms with Crippen molar-refractivity contribution in [2.24, 2.45) is 0 Å². The highest BCUT2D eigenvalue weighted by molar-refractivity contribution is 6.30. The van der Waals surface area contributed by atoms with E-state index in [-0.39, 0.29) is 11.8 Å². The minimum absolute atomic E-state index is 0.200. The van der Waals surface area contributed by atoms with Gasteiger partial charge in [0, 0.05) is 17.6 Å². The Balaban J connectivity index is 2.06. The highest BCUT2D eigenvalue weighted by Gasteiger charge is 2.11. The summed E-state index contributed by atoms with van der Waals surface area (Å²) in [7, 11) is 0. The summed E-state index contributed by atoms with van der Waals surface area (Å²) in [6.07, 6.45) is 3.96. The largest absolute Gasteiger partial charge is 0.352 e. The van der Waals surface area contributed by atoms with Gasteiger partial charge in [0.25, 0.3) is 5.91 Å². The molecule has 24 heavy (non-hydrogen) atoms. The molecule has 0 saturated heterocycles. The molecule has 2 N–H and O–H groups in total. The van der Waals surface area contributed by atoms with Crippen LogP contribution < -0.4 is 10.6 Å². The van der Waals surface area contributed by atoms with Crippen molar-refractivity contribution < 1.29 is 9.59 Å². The predicted octanol–water partition coefficient (Wildman–Crippen LogP) is 4.13.